The van der Waals surface area contributed by atoms with Gasteiger partial charge in [-0.05, 0) is 60.7 Å². The molecule has 0 aromatic heterocycles. The average molecular weight is 565 g/mol. The Morgan fingerprint density at radius 1 is 0.850 bits per heavy atom. The van der Waals surface area contributed by atoms with Crippen LogP contribution in [-0.4, -0.2) is 32.3 Å². The largest absolute Gasteiger partial charge is 0.495 e. The number of methoxy groups -OCH3 is 1. The Hall–Kier alpha value is -5.30. The van der Waals surface area contributed by atoms with Crippen LogP contribution < -0.4 is 20.1 Å². The molecule has 40 heavy (non-hydrogen) atoms. The zero-order chi connectivity index (χ0) is 28.9. The third kappa shape index (κ3) is 6.39. The van der Waals surface area contributed by atoms with Crippen molar-refractivity contribution in [1.29, 1.82) is 0 Å². The summed E-state index contributed by atoms with van der Waals surface area (Å²) in [6, 6.07) is 19.8. The number of amides is 2. The number of sulfonamides is 1. The molecule has 0 radical (unpaired) electrons. The Kier molecular flexibility index (Phi) is 8.05. The highest BCUT2D eigenvalue weighted by atomic mass is 32.2. The van der Waals surface area contributed by atoms with Crippen LogP contribution in [0.5, 0.6) is 5.75 Å². The molecule has 4 aromatic carbocycles. The number of ether oxygens (including phenoxy) is 1. The first-order chi connectivity index (χ1) is 19.1. The molecule has 0 bridgehead atoms. The molecular weight excluding hydrogens is 543 g/mol. The van der Waals surface area contributed by atoms with Crippen molar-refractivity contribution in [3.63, 3.8) is 0 Å². The summed E-state index contributed by atoms with van der Waals surface area (Å²) in [5, 5.41) is 16.3. The number of para-hydroxylation sites is 1. The number of nitrogens with one attached hydrogen (secondary N) is 3. The maximum Gasteiger partial charge on any atom is 0.271 e. The van der Waals surface area contributed by atoms with E-state index in [1.807, 2.05) is 0 Å². The van der Waals surface area contributed by atoms with Crippen LogP contribution in [-0.2, 0) is 10.0 Å². The molecule has 0 aliphatic rings. The van der Waals surface area contributed by atoms with E-state index >= 15 is 0 Å². The van der Waals surface area contributed by atoms with Crippen LogP contribution in [0.4, 0.5) is 27.1 Å². The first kappa shape index (κ1) is 27.7. The number of rotatable bonds is 9. The molecule has 3 N–H and O–H groups in total. The van der Waals surface area contributed by atoms with E-state index in [0.717, 1.165) is 12.1 Å². The highest BCUT2D eigenvalue weighted by Crippen LogP contribution is 2.31. The zero-order valence-corrected chi connectivity index (χ0v) is 21.6. The molecule has 0 aliphatic carbocycles. The predicted octanol–water partition coefficient (Wildman–Crippen LogP) is 5.05. The van der Waals surface area contributed by atoms with Gasteiger partial charge >= 0.3 is 0 Å². The van der Waals surface area contributed by atoms with E-state index in [1.54, 1.807) is 12.1 Å². The lowest BCUT2D eigenvalue weighted by molar-refractivity contribution is -0.384. The number of anilines is 3. The first-order valence-electron chi connectivity index (χ1n) is 11.5. The fraction of sp³-hybridized carbons (Fsp3) is 0.0370. The lowest BCUT2D eigenvalue weighted by atomic mass is 10.1. The van der Waals surface area contributed by atoms with Crippen LogP contribution in [0.1, 0.15) is 20.7 Å². The third-order valence-corrected chi connectivity index (χ3v) is 6.93. The van der Waals surface area contributed by atoms with Crippen LogP contribution in [0.3, 0.4) is 0 Å². The maximum atomic E-state index is 13.2. The minimum atomic E-state index is -4.30. The lowest BCUT2D eigenvalue weighted by Crippen LogP contribution is -2.19. The second-order valence-corrected chi connectivity index (χ2v) is 9.92. The molecule has 13 heteroatoms. The summed E-state index contributed by atoms with van der Waals surface area (Å²) in [5.74, 6) is -1.67. The van der Waals surface area contributed by atoms with E-state index < -0.39 is 32.6 Å². The summed E-state index contributed by atoms with van der Waals surface area (Å²) < 4.78 is 46.7. The predicted molar refractivity (Wildman–Crippen MR) is 146 cm³/mol. The van der Waals surface area contributed by atoms with Gasteiger partial charge in [-0.3, -0.25) is 24.4 Å². The number of carbonyl (C=O) groups is 2. The second-order valence-electron chi connectivity index (χ2n) is 8.24. The fourth-order valence-electron chi connectivity index (χ4n) is 3.61. The van der Waals surface area contributed by atoms with Gasteiger partial charge < -0.3 is 15.4 Å². The van der Waals surface area contributed by atoms with Crippen LogP contribution in [0.15, 0.2) is 95.9 Å². The third-order valence-electron chi connectivity index (χ3n) is 5.57. The van der Waals surface area contributed by atoms with Crippen molar-refractivity contribution >= 4 is 44.6 Å². The lowest BCUT2D eigenvalue weighted by Gasteiger charge is -2.13. The molecule has 2 amide bonds. The summed E-state index contributed by atoms with van der Waals surface area (Å²) in [6.45, 7) is 0. The molecule has 4 aromatic rings. The summed E-state index contributed by atoms with van der Waals surface area (Å²) in [7, 11) is -3.02. The van der Waals surface area contributed by atoms with Gasteiger partial charge in [-0.15, -0.1) is 0 Å². The minimum Gasteiger partial charge on any atom is -0.495 e. The maximum absolute atomic E-state index is 13.2. The Labute approximate surface area is 227 Å². The van der Waals surface area contributed by atoms with Gasteiger partial charge in [0.1, 0.15) is 11.6 Å². The van der Waals surface area contributed by atoms with Crippen LogP contribution in [0.2, 0.25) is 0 Å². The van der Waals surface area contributed by atoms with E-state index in [0.29, 0.717) is 5.69 Å². The van der Waals surface area contributed by atoms with E-state index in [9.17, 15) is 32.5 Å². The Balaban J connectivity index is 1.55. The number of nitrogens with zero attached hydrogens (tertiary/aromatic N) is 1. The van der Waals surface area contributed by atoms with E-state index in [1.165, 1.54) is 73.8 Å². The van der Waals surface area contributed by atoms with Gasteiger partial charge in [0.2, 0.25) is 0 Å². The van der Waals surface area contributed by atoms with E-state index in [4.69, 9.17) is 4.74 Å². The van der Waals surface area contributed by atoms with Crippen molar-refractivity contribution in [3.8, 4) is 5.75 Å². The van der Waals surface area contributed by atoms with Gasteiger partial charge in [-0.25, -0.2) is 12.8 Å². The van der Waals surface area contributed by atoms with E-state index in [2.05, 4.69) is 15.4 Å². The number of benzene rings is 4. The fourth-order valence-corrected chi connectivity index (χ4v) is 4.72. The zero-order valence-electron chi connectivity index (χ0n) is 20.8. The van der Waals surface area contributed by atoms with Gasteiger partial charge in [-0.1, -0.05) is 18.2 Å². The molecule has 4 rings (SSSR count). The molecule has 0 saturated carbocycles. The average Bonchev–Trinajstić information content (AvgIpc) is 2.94. The molecule has 0 saturated heterocycles. The van der Waals surface area contributed by atoms with Gasteiger partial charge in [-0.2, -0.15) is 0 Å². The second kappa shape index (κ2) is 11.6. The van der Waals surface area contributed by atoms with Crippen molar-refractivity contribution in [1.82, 2.24) is 0 Å². The molecule has 0 unspecified atom stereocenters. The number of halogens is 1. The molecule has 204 valence electrons. The Morgan fingerprint density at radius 3 is 2.27 bits per heavy atom. The SMILES string of the molecule is COc1ccc([N+](=O)[O-])cc1NS(=O)(=O)c1cccc(C(=O)Nc2ccccc2C(=O)Nc2ccc(F)cc2)c1. The van der Waals surface area contributed by atoms with Crippen LogP contribution >= 0.6 is 0 Å². The topological polar surface area (TPSA) is 157 Å². The summed E-state index contributed by atoms with van der Waals surface area (Å²) in [5.41, 5.74) is 0.0607. The Morgan fingerprint density at radius 2 is 1.57 bits per heavy atom. The van der Waals surface area contributed by atoms with Crippen molar-refractivity contribution in [3.05, 3.63) is 118 Å². The van der Waals surface area contributed by atoms with Crippen molar-refractivity contribution in [2.45, 2.75) is 4.90 Å². The molecule has 11 nitrogen and oxygen atoms in total. The first-order valence-corrected chi connectivity index (χ1v) is 13.0. The minimum absolute atomic E-state index is 0.0392. The van der Waals surface area contributed by atoms with Gasteiger partial charge in [0.05, 0.1) is 33.9 Å². The van der Waals surface area contributed by atoms with Crippen molar-refractivity contribution < 1.29 is 32.1 Å². The monoisotopic (exact) mass is 564 g/mol. The summed E-state index contributed by atoms with van der Waals surface area (Å²) in [4.78, 5) is 36.0. The smallest absolute Gasteiger partial charge is 0.271 e. The van der Waals surface area contributed by atoms with Gasteiger partial charge in [0.25, 0.3) is 27.5 Å². The van der Waals surface area contributed by atoms with Crippen LogP contribution in [0.25, 0.3) is 0 Å². The molecule has 0 heterocycles. The molecule has 0 aliphatic heterocycles. The summed E-state index contributed by atoms with van der Waals surface area (Å²) >= 11 is 0. The van der Waals surface area contributed by atoms with E-state index in [-0.39, 0.29) is 38.8 Å². The molecule has 0 atom stereocenters. The highest BCUT2D eigenvalue weighted by Gasteiger charge is 2.21. The molecular formula is C27H21FN4O7S. The quantitative estimate of drug-likeness (QED) is 0.190. The van der Waals surface area contributed by atoms with Crippen LogP contribution in [0, 0.1) is 15.9 Å². The number of hydrogen-bond acceptors (Lipinski definition) is 7. The Bertz CT molecular complexity index is 1710. The number of non-ortho nitro benzene ring substituents is 1. The number of nitro benzene ring substituents is 1. The number of carbonyl (C=O) groups excluding carboxylic acids is 2. The number of hydrogen-bond donors (Lipinski definition) is 3. The molecule has 0 spiro atoms. The van der Waals surface area contributed by atoms with Crippen molar-refractivity contribution in [2.75, 3.05) is 22.5 Å². The standard InChI is InChI=1S/C27H21FN4O7S/c1-39-25-14-13-20(32(35)36)16-24(25)31-40(37,38)21-6-4-5-17(15-21)26(33)30-23-8-3-2-7-22(23)27(34)29-19-11-9-18(28)10-12-19/h2-16,31H,1H3,(H,29,34)(H,30,33). The van der Waals surface area contributed by atoms with Crippen molar-refractivity contribution in [2.24, 2.45) is 0 Å². The van der Waals surface area contributed by atoms with Gasteiger partial charge in [0.15, 0.2) is 0 Å². The highest BCUT2D eigenvalue weighted by molar-refractivity contribution is 7.92. The molecule has 0 fully saturated rings. The van der Waals surface area contributed by atoms with Gasteiger partial charge in [0, 0.05) is 23.4 Å². The number of nitro groups is 1. The normalized spacial score (nSPS) is 10.8. The summed E-state index contributed by atoms with van der Waals surface area (Å²) in [6.07, 6.45) is 0.